The molecule has 1 aliphatic rings. The molecule has 4 rings (SSSR count). The Morgan fingerprint density at radius 2 is 1.71 bits per heavy atom. The molecule has 0 bridgehead atoms. The molecular formula is C23H26N4O. The molecule has 5 nitrogen and oxygen atoms in total. The van der Waals surface area contributed by atoms with Crippen LogP contribution in [-0.4, -0.2) is 53.1 Å². The Morgan fingerprint density at radius 1 is 1.04 bits per heavy atom. The number of aromatic nitrogens is 2. The number of rotatable bonds is 5. The van der Waals surface area contributed by atoms with Gasteiger partial charge in [-0.25, -0.2) is 0 Å². The van der Waals surface area contributed by atoms with Gasteiger partial charge in [0.05, 0.1) is 5.69 Å². The molecule has 0 unspecified atom stereocenters. The van der Waals surface area contributed by atoms with Crippen LogP contribution in [0.4, 0.5) is 0 Å². The van der Waals surface area contributed by atoms with Crippen LogP contribution in [0.1, 0.15) is 17.7 Å². The lowest BCUT2D eigenvalue weighted by atomic mass is 9.98. The fourth-order valence-corrected chi connectivity index (χ4v) is 3.71. The van der Waals surface area contributed by atoms with E-state index in [1.165, 1.54) is 22.4 Å². The minimum atomic E-state index is 0.176. The van der Waals surface area contributed by atoms with Crippen LogP contribution in [-0.2, 0) is 17.8 Å². The maximum absolute atomic E-state index is 11.9. The smallest absolute Gasteiger partial charge is 0.223 e. The van der Waals surface area contributed by atoms with E-state index in [1.807, 2.05) is 20.2 Å². The van der Waals surface area contributed by atoms with E-state index in [0.29, 0.717) is 6.42 Å². The SMILES string of the molecule is CN(C)C(=O)CCN1CCc2[nH]nc(-c3ccc(-c4ccccc4)cc3)c2C1. The first kappa shape index (κ1) is 18.4. The number of nitrogens with one attached hydrogen (secondary N) is 1. The fourth-order valence-electron chi connectivity index (χ4n) is 3.71. The van der Waals surface area contributed by atoms with Crippen molar-refractivity contribution in [1.29, 1.82) is 0 Å². The van der Waals surface area contributed by atoms with E-state index in [4.69, 9.17) is 0 Å². The summed E-state index contributed by atoms with van der Waals surface area (Å²) in [5.74, 6) is 0.176. The van der Waals surface area contributed by atoms with Gasteiger partial charge in [-0.3, -0.25) is 14.8 Å². The maximum atomic E-state index is 11.9. The Balaban J connectivity index is 1.50. The van der Waals surface area contributed by atoms with Gasteiger partial charge in [0.25, 0.3) is 0 Å². The van der Waals surface area contributed by atoms with Gasteiger partial charge in [0.2, 0.25) is 5.91 Å². The number of hydrogen-bond acceptors (Lipinski definition) is 3. The number of H-pyrrole nitrogens is 1. The molecule has 1 aliphatic heterocycles. The number of fused-ring (bicyclic) bond motifs is 1. The number of carbonyl (C=O) groups is 1. The third kappa shape index (κ3) is 3.85. The molecular weight excluding hydrogens is 348 g/mol. The molecule has 5 heteroatoms. The van der Waals surface area contributed by atoms with Crippen LogP contribution in [0.15, 0.2) is 54.6 Å². The number of amides is 1. The summed E-state index contributed by atoms with van der Waals surface area (Å²) in [7, 11) is 3.62. The van der Waals surface area contributed by atoms with Crippen molar-refractivity contribution in [1.82, 2.24) is 20.0 Å². The highest BCUT2D eigenvalue weighted by molar-refractivity contribution is 5.75. The van der Waals surface area contributed by atoms with Crippen LogP contribution in [0.2, 0.25) is 0 Å². The van der Waals surface area contributed by atoms with Crippen molar-refractivity contribution in [2.45, 2.75) is 19.4 Å². The topological polar surface area (TPSA) is 52.2 Å². The van der Waals surface area contributed by atoms with Gasteiger partial charge < -0.3 is 4.90 Å². The van der Waals surface area contributed by atoms with Gasteiger partial charge in [-0.15, -0.1) is 0 Å². The number of hydrogen-bond donors (Lipinski definition) is 1. The summed E-state index contributed by atoms with van der Waals surface area (Å²) in [5, 5.41) is 7.82. The molecule has 0 fully saturated rings. The second kappa shape index (κ2) is 7.98. The zero-order valence-corrected chi connectivity index (χ0v) is 16.5. The Labute approximate surface area is 166 Å². The monoisotopic (exact) mass is 374 g/mol. The van der Waals surface area contributed by atoms with Crippen molar-refractivity contribution in [3.63, 3.8) is 0 Å². The summed E-state index contributed by atoms with van der Waals surface area (Å²) in [6.45, 7) is 2.58. The van der Waals surface area contributed by atoms with Gasteiger partial charge in [-0.1, -0.05) is 54.6 Å². The van der Waals surface area contributed by atoms with E-state index in [-0.39, 0.29) is 5.91 Å². The molecule has 144 valence electrons. The number of aromatic amines is 1. The van der Waals surface area contributed by atoms with Gasteiger partial charge in [0, 0.05) is 63.4 Å². The van der Waals surface area contributed by atoms with Crippen LogP contribution in [0.5, 0.6) is 0 Å². The second-order valence-corrected chi connectivity index (χ2v) is 7.54. The van der Waals surface area contributed by atoms with Crippen molar-refractivity contribution in [3.05, 3.63) is 65.9 Å². The molecule has 1 aromatic heterocycles. The zero-order valence-electron chi connectivity index (χ0n) is 16.5. The summed E-state index contributed by atoms with van der Waals surface area (Å²) in [6, 6.07) is 19.0. The molecule has 28 heavy (non-hydrogen) atoms. The number of benzene rings is 2. The van der Waals surface area contributed by atoms with Crippen LogP contribution < -0.4 is 0 Å². The number of carbonyl (C=O) groups excluding carboxylic acids is 1. The van der Waals surface area contributed by atoms with Crippen LogP contribution in [0, 0.1) is 0 Å². The molecule has 1 amide bonds. The lowest BCUT2D eigenvalue weighted by Crippen LogP contribution is -2.34. The zero-order chi connectivity index (χ0) is 19.5. The standard InChI is InChI=1S/C23H26N4O/c1-26(2)22(28)13-15-27-14-12-21-20(16-27)23(25-24-21)19-10-8-18(9-11-19)17-6-4-3-5-7-17/h3-11H,12-16H2,1-2H3,(H,24,25). The van der Waals surface area contributed by atoms with E-state index in [0.717, 1.165) is 37.3 Å². The van der Waals surface area contributed by atoms with E-state index < -0.39 is 0 Å². The van der Waals surface area contributed by atoms with Crippen molar-refractivity contribution < 1.29 is 4.79 Å². The summed E-state index contributed by atoms with van der Waals surface area (Å²) < 4.78 is 0. The van der Waals surface area contributed by atoms with Crippen LogP contribution >= 0.6 is 0 Å². The third-order valence-electron chi connectivity index (χ3n) is 5.42. The van der Waals surface area contributed by atoms with E-state index >= 15 is 0 Å². The van der Waals surface area contributed by atoms with Gasteiger partial charge in [-0.05, 0) is 11.1 Å². The third-order valence-corrected chi connectivity index (χ3v) is 5.42. The van der Waals surface area contributed by atoms with Gasteiger partial charge in [0.1, 0.15) is 0 Å². The maximum Gasteiger partial charge on any atom is 0.223 e. The minimum Gasteiger partial charge on any atom is -0.349 e. The molecule has 0 saturated carbocycles. The molecule has 0 radical (unpaired) electrons. The molecule has 2 heterocycles. The Morgan fingerprint density at radius 3 is 2.43 bits per heavy atom. The average molecular weight is 374 g/mol. The molecule has 1 N–H and O–H groups in total. The number of nitrogens with zero attached hydrogens (tertiary/aromatic N) is 3. The molecule has 3 aromatic rings. The quantitative estimate of drug-likeness (QED) is 0.743. The van der Waals surface area contributed by atoms with Gasteiger partial charge in [-0.2, -0.15) is 5.10 Å². The fraction of sp³-hybridized carbons (Fsp3) is 0.304. The first-order valence-corrected chi connectivity index (χ1v) is 9.76. The Hall–Kier alpha value is -2.92. The molecule has 0 aliphatic carbocycles. The highest BCUT2D eigenvalue weighted by Crippen LogP contribution is 2.30. The molecule has 0 saturated heterocycles. The van der Waals surface area contributed by atoms with Crippen molar-refractivity contribution in [2.24, 2.45) is 0 Å². The lowest BCUT2D eigenvalue weighted by molar-refractivity contribution is -0.129. The van der Waals surface area contributed by atoms with E-state index in [9.17, 15) is 4.79 Å². The highest BCUT2D eigenvalue weighted by Gasteiger charge is 2.23. The first-order chi connectivity index (χ1) is 13.6. The second-order valence-electron chi connectivity index (χ2n) is 7.54. The van der Waals surface area contributed by atoms with Crippen molar-refractivity contribution >= 4 is 5.91 Å². The van der Waals surface area contributed by atoms with Gasteiger partial charge in [0.15, 0.2) is 0 Å². The highest BCUT2D eigenvalue weighted by atomic mass is 16.2. The van der Waals surface area contributed by atoms with Crippen LogP contribution in [0.25, 0.3) is 22.4 Å². The molecule has 0 atom stereocenters. The summed E-state index contributed by atoms with van der Waals surface area (Å²) >= 11 is 0. The summed E-state index contributed by atoms with van der Waals surface area (Å²) in [4.78, 5) is 15.9. The van der Waals surface area contributed by atoms with E-state index in [1.54, 1.807) is 4.90 Å². The normalized spacial score (nSPS) is 13.9. The Bertz CT molecular complexity index is 944. The minimum absolute atomic E-state index is 0.176. The van der Waals surface area contributed by atoms with Crippen molar-refractivity contribution in [2.75, 3.05) is 27.2 Å². The average Bonchev–Trinajstić information content (AvgIpc) is 3.16. The van der Waals surface area contributed by atoms with Crippen LogP contribution in [0.3, 0.4) is 0 Å². The van der Waals surface area contributed by atoms with Crippen molar-refractivity contribution in [3.8, 4) is 22.4 Å². The largest absolute Gasteiger partial charge is 0.349 e. The van der Waals surface area contributed by atoms with Gasteiger partial charge >= 0.3 is 0 Å². The summed E-state index contributed by atoms with van der Waals surface area (Å²) in [5.41, 5.74) is 7.06. The lowest BCUT2D eigenvalue weighted by Gasteiger charge is -2.27. The van der Waals surface area contributed by atoms with E-state index in [2.05, 4.69) is 63.6 Å². The predicted molar refractivity (Wildman–Crippen MR) is 112 cm³/mol. The predicted octanol–water partition coefficient (Wildman–Crippen LogP) is 3.58. The Kier molecular flexibility index (Phi) is 5.26. The molecule has 0 spiro atoms. The molecule has 2 aromatic carbocycles. The first-order valence-electron chi connectivity index (χ1n) is 9.76. The summed E-state index contributed by atoms with van der Waals surface area (Å²) in [6.07, 6.45) is 1.50.